The van der Waals surface area contributed by atoms with Crippen molar-refractivity contribution in [3.05, 3.63) is 27.7 Å². The summed E-state index contributed by atoms with van der Waals surface area (Å²) in [7, 11) is 0. The van der Waals surface area contributed by atoms with E-state index in [9.17, 15) is 9.59 Å². The molecular weight excluding hydrogens is 377 g/mol. The lowest BCUT2D eigenvalue weighted by Gasteiger charge is -2.11. The Bertz CT molecular complexity index is 781. The average molecular weight is 390 g/mol. The summed E-state index contributed by atoms with van der Waals surface area (Å²) < 4.78 is 13.1. The Kier molecular flexibility index (Phi) is 5.98. The van der Waals surface area contributed by atoms with Crippen molar-refractivity contribution in [3.63, 3.8) is 0 Å². The second-order valence-corrected chi connectivity index (χ2v) is 6.16. The SMILES string of the molecule is CCC(C)NC(=O)Oc1nsnc1-c1c(Cl)ccc(C(=O)O)c1Cl. The van der Waals surface area contributed by atoms with Crippen molar-refractivity contribution in [1.82, 2.24) is 14.1 Å². The van der Waals surface area contributed by atoms with Crippen molar-refractivity contribution < 1.29 is 19.4 Å². The van der Waals surface area contributed by atoms with Crippen LogP contribution in [0.3, 0.4) is 0 Å². The smallest absolute Gasteiger partial charge is 0.414 e. The number of aromatic carboxylic acids is 1. The molecule has 128 valence electrons. The van der Waals surface area contributed by atoms with E-state index in [0.717, 1.165) is 18.1 Å². The molecule has 0 saturated carbocycles. The minimum absolute atomic E-state index is 0.0740. The number of nitrogens with one attached hydrogen (secondary N) is 1. The first-order chi connectivity index (χ1) is 11.3. The zero-order valence-electron chi connectivity index (χ0n) is 12.7. The molecule has 10 heteroatoms. The summed E-state index contributed by atoms with van der Waals surface area (Å²) >= 11 is 13.0. The van der Waals surface area contributed by atoms with Crippen molar-refractivity contribution in [3.8, 4) is 17.1 Å². The Morgan fingerprint density at radius 1 is 1.38 bits per heavy atom. The van der Waals surface area contributed by atoms with E-state index < -0.39 is 12.1 Å². The van der Waals surface area contributed by atoms with E-state index >= 15 is 0 Å². The molecule has 24 heavy (non-hydrogen) atoms. The fraction of sp³-hybridized carbons (Fsp3) is 0.286. The van der Waals surface area contributed by atoms with Gasteiger partial charge in [-0.1, -0.05) is 30.1 Å². The summed E-state index contributed by atoms with van der Waals surface area (Å²) in [4.78, 5) is 23.1. The van der Waals surface area contributed by atoms with Crippen LogP contribution in [-0.2, 0) is 0 Å². The zero-order valence-corrected chi connectivity index (χ0v) is 15.0. The van der Waals surface area contributed by atoms with Crippen molar-refractivity contribution in [2.75, 3.05) is 0 Å². The Morgan fingerprint density at radius 2 is 2.08 bits per heavy atom. The van der Waals surface area contributed by atoms with E-state index in [1.807, 2.05) is 13.8 Å². The third-order valence-electron chi connectivity index (χ3n) is 3.18. The van der Waals surface area contributed by atoms with Gasteiger partial charge in [-0.15, -0.1) is 4.37 Å². The van der Waals surface area contributed by atoms with Gasteiger partial charge in [0.15, 0.2) is 5.69 Å². The second-order valence-electron chi connectivity index (χ2n) is 4.85. The number of aromatic nitrogens is 2. The van der Waals surface area contributed by atoms with E-state index in [2.05, 4.69) is 14.1 Å². The highest BCUT2D eigenvalue weighted by Crippen LogP contribution is 2.40. The molecule has 0 bridgehead atoms. The van der Waals surface area contributed by atoms with Crippen LogP contribution >= 0.6 is 34.9 Å². The molecule has 0 aliphatic heterocycles. The number of benzene rings is 1. The lowest BCUT2D eigenvalue weighted by molar-refractivity contribution is 0.0697. The molecule has 0 saturated heterocycles. The summed E-state index contributed by atoms with van der Waals surface area (Å²) in [6.07, 6.45) is 0.0372. The predicted octanol–water partition coefficient (Wildman–Crippen LogP) is 4.10. The number of carbonyl (C=O) groups excluding carboxylic acids is 1. The molecule has 2 N–H and O–H groups in total. The molecule has 0 aliphatic carbocycles. The van der Waals surface area contributed by atoms with Crippen LogP contribution in [0.4, 0.5) is 4.79 Å². The number of rotatable bonds is 5. The van der Waals surface area contributed by atoms with Crippen molar-refractivity contribution in [1.29, 1.82) is 0 Å². The summed E-state index contributed by atoms with van der Waals surface area (Å²) in [6.45, 7) is 3.74. The van der Waals surface area contributed by atoms with Gasteiger partial charge in [0.25, 0.3) is 5.88 Å². The molecule has 1 aromatic heterocycles. The van der Waals surface area contributed by atoms with E-state index in [0.29, 0.717) is 0 Å². The Balaban J connectivity index is 2.39. The molecule has 2 rings (SSSR count). The van der Waals surface area contributed by atoms with Crippen molar-refractivity contribution in [2.45, 2.75) is 26.3 Å². The van der Waals surface area contributed by atoms with Gasteiger partial charge in [-0.25, -0.2) is 9.59 Å². The van der Waals surface area contributed by atoms with E-state index in [-0.39, 0.29) is 38.8 Å². The van der Waals surface area contributed by atoms with Crippen LogP contribution in [0.15, 0.2) is 12.1 Å². The van der Waals surface area contributed by atoms with Crippen LogP contribution < -0.4 is 10.1 Å². The molecule has 0 spiro atoms. The molecule has 2 aromatic rings. The zero-order chi connectivity index (χ0) is 17.9. The molecule has 0 aliphatic rings. The van der Waals surface area contributed by atoms with E-state index in [1.54, 1.807) is 0 Å². The third-order valence-corrected chi connectivity index (χ3v) is 4.40. The van der Waals surface area contributed by atoms with Crippen LogP contribution in [0.5, 0.6) is 5.88 Å². The minimum atomic E-state index is -1.21. The maximum atomic E-state index is 11.9. The largest absolute Gasteiger partial charge is 0.478 e. The summed E-state index contributed by atoms with van der Waals surface area (Å²) in [5, 5.41) is 11.9. The number of carbonyl (C=O) groups is 2. The fourth-order valence-corrected chi connectivity index (χ4v) is 2.88. The molecule has 7 nitrogen and oxygen atoms in total. The molecule has 0 radical (unpaired) electrons. The Morgan fingerprint density at radius 3 is 2.71 bits per heavy atom. The maximum Gasteiger partial charge on any atom is 0.414 e. The Hall–Kier alpha value is -1.90. The van der Waals surface area contributed by atoms with Gasteiger partial charge in [-0.2, -0.15) is 4.37 Å². The summed E-state index contributed by atoms with van der Waals surface area (Å²) in [5.74, 6) is -1.30. The molecule has 0 fully saturated rings. The van der Waals surface area contributed by atoms with Crippen LogP contribution in [0.1, 0.15) is 30.6 Å². The molecule has 1 heterocycles. The van der Waals surface area contributed by atoms with Crippen molar-refractivity contribution >= 4 is 47.0 Å². The molecule has 1 unspecified atom stereocenters. The number of hydrogen-bond acceptors (Lipinski definition) is 6. The number of nitrogens with zero attached hydrogens (tertiary/aromatic N) is 2. The maximum absolute atomic E-state index is 11.9. The first-order valence-corrected chi connectivity index (χ1v) is 8.36. The lowest BCUT2D eigenvalue weighted by Crippen LogP contribution is -2.34. The fourth-order valence-electron chi connectivity index (χ4n) is 1.76. The van der Waals surface area contributed by atoms with Crippen LogP contribution in [-0.4, -0.2) is 32.0 Å². The number of carboxylic acids is 1. The molecule has 1 atom stereocenters. The summed E-state index contributed by atoms with van der Waals surface area (Å²) in [5.41, 5.74) is 0.120. The van der Waals surface area contributed by atoms with E-state index in [4.69, 9.17) is 33.0 Å². The molecular formula is C14H13Cl2N3O4S. The second kappa shape index (κ2) is 7.78. The van der Waals surface area contributed by atoms with Gasteiger partial charge in [0.1, 0.15) is 0 Å². The standard InChI is InChI=1S/C14H13Cl2N3O4S/c1-3-6(2)17-14(22)23-12-11(18-24-19-12)9-8(15)5-4-7(10(9)16)13(20)21/h4-6H,3H2,1-2H3,(H,17,22)(H,20,21). The van der Waals surface area contributed by atoms with Gasteiger partial charge in [-0.05, 0) is 25.5 Å². The van der Waals surface area contributed by atoms with Gasteiger partial charge < -0.3 is 15.2 Å². The van der Waals surface area contributed by atoms with Crippen molar-refractivity contribution in [2.24, 2.45) is 0 Å². The highest BCUT2D eigenvalue weighted by molar-refractivity contribution is 6.99. The third kappa shape index (κ3) is 3.95. The van der Waals surface area contributed by atoms with Crippen LogP contribution in [0.25, 0.3) is 11.3 Å². The average Bonchev–Trinajstić information content (AvgIpc) is 2.94. The van der Waals surface area contributed by atoms with Gasteiger partial charge in [0, 0.05) is 11.6 Å². The highest BCUT2D eigenvalue weighted by atomic mass is 35.5. The van der Waals surface area contributed by atoms with Gasteiger partial charge in [0.2, 0.25) is 0 Å². The quantitative estimate of drug-likeness (QED) is 0.797. The Labute approximate surface area is 151 Å². The van der Waals surface area contributed by atoms with Crippen LogP contribution in [0, 0.1) is 0 Å². The number of hydrogen-bond donors (Lipinski definition) is 2. The number of ether oxygens (including phenoxy) is 1. The number of carboxylic acid groups (broad SMARTS) is 1. The monoisotopic (exact) mass is 389 g/mol. The van der Waals surface area contributed by atoms with E-state index in [1.165, 1.54) is 12.1 Å². The lowest BCUT2D eigenvalue weighted by atomic mass is 10.1. The first kappa shape index (κ1) is 18.4. The predicted molar refractivity (Wildman–Crippen MR) is 91.2 cm³/mol. The highest BCUT2D eigenvalue weighted by Gasteiger charge is 2.24. The normalized spacial score (nSPS) is 11.8. The minimum Gasteiger partial charge on any atom is -0.478 e. The van der Waals surface area contributed by atoms with Crippen LogP contribution in [0.2, 0.25) is 10.0 Å². The van der Waals surface area contributed by atoms with Gasteiger partial charge >= 0.3 is 12.1 Å². The number of amides is 1. The summed E-state index contributed by atoms with van der Waals surface area (Å²) in [6, 6.07) is 2.59. The first-order valence-electron chi connectivity index (χ1n) is 6.87. The topological polar surface area (TPSA) is 101 Å². The molecule has 1 aromatic carbocycles. The number of halogens is 2. The van der Waals surface area contributed by atoms with Gasteiger partial charge in [0.05, 0.1) is 27.3 Å². The van der Waals surface area contributed by atoms with Gasteiger partial charge in [-0.3, -0.25) is 0 Å². The molecule has 1 amide bonds.